The summed E-state index contributed by atoms with van der Waals surface area (Å²) in [5, 5.41) is 4.30. The van der Waals surface area contributed by atoms with Crippen LogP contribution in [0.25, 0.3) is 21.3 Å². The molecule has 6 rings (SSSR count). The first-order valence-electron chi connectivity index (χ1n) is 12.4. The van der Waals surface area contributed by atoms with Crippen LogP contribution >= 0.6 is 22.9 Å². The fraction of sp³-hybridized carbons (Fsp3) is 0.444. The highest BCUT2D eigenvalue weighted by Crippen LogP contribution is 2.48. The number of carbonyl (C=O) groups is 2. The molecule has 6 nitrogen and oxygen atoms in total. The van der Waals surface area contributed by atoms with E-state index in [-0.39, 0.29) is 23.7 Å². The van der Waals surface area contributed by atoms with Crippen molar-refractivity contribution in [2.24, 2.45) is 11.8 Å². The molecular formula is C27H29ClN4O2S. The molecule has 1 aliphatic carbocycles. The first-order valence-corrected chi connectivity index (χ1v) is 13.6. The lowest BCUT2D eigenvalue weighted by atomic mass is 9.95. The smallest absolute Gasteiger partial charge is 0.233 e. The van der Waals surface area contributed by atoms with E-state index >= 15 is 0 Å². The molecule has 3 aliphatic rings. The number of hydrogen-bond donors (Lipinski definition) is 1. The number of nitrogens with zero attached hydrogens (tertiary/aromatic N) is 3. The summed E-state index contributed by atoms with van der Waals surface area (Å²) < 4.78 is 1.07. The van der Waals surface area contributed by atoms with Crippen LogP contribution in [0.4, 0.5) is 0 Å². The Morgan fingerprint density at radius 3 is 2.74 bits per heavy atom. The normalized spacial score (nSPS) is 24.8. The molecular weight excluding hydrogens is 480 g/mol. The number of imide groups is 1. The molecule has 0 spiro atoms. The van der Waals surface area contributed by atoms with Gasteiger partial charge in [-0.15, -0.1) is 11.3 Å². The van der Waals surface area contributed by atoms with Gasteiger partial charge in [0.15, 0.2) is 0 Å². The summed E-state index contributed by atoms with van der Waals surface area (Å²) in [4.78, 5) is 34.5. The average Bonchev–Trinajstić information content (AvgIpc) is 3.51. The van der Waals surface area contributed by atoms with Gasteiger partial charge in [0.25, 0.3) is 0 Å². The van der Waals surface area contributed by atoms with Crippen molar-refractivity contribution in [1.29, 1.82) is 0 Å². The van der Waals surface area contributed by atoms with Gasteiger partial charge in [-0.05, 0) is 80.7 Å². The van der Waals surface area contributed by atoms with Crippen LogP contribution in [0.2, 0.25) is 5.02 Å². The number of aromatic nitrogens is 1. The number of nitrogens with one attached hydrogen (secondary N) is 1. The molecule has 1 N–H and O–H groups in total. The Morgan fingerprint density at radius 1 is 1.14 bits per heavy atom. The Balaban J connectivity index is 1.36. The number of pyridine rings is 1. The molecule has 3 aromatic rings. The van der Waals surface area contributed by atoms with Gasteiger partial charge in [-0.1, -0.05) is 11.6 Å². The maximum Gasteiger partial charge on any atom is 0.233 e. The molecule has 35 heavy (non-hydrogen) atoms. The molecule has 1 aromatic carbocycles. The van der Waals surface area contributed by atoms with Gasteiger partial charge >= 0.3 is 0 Å². The van der Waals surface area contributed by atoms with Gasteiger partial charge in [0.2, 0.25) is 11.8 Å². The zero-order valence-corrected chi connectivity index (χ0v) is 21.6. The number of hydrogen-bond acceptors (Lipinski definition) is 6. The van der Waals surface area contributed by atoms with Crippen LogP contribution in [0.1, 0.15) is 35.8 Å². The molecule has 2 aliphatic heterocycles. The standard InChI is InChI=1S/C27H29ClN4O2S/c1-15-8-17(28)9-20(23(15)14-31-7-3-5-29-16(2)12-31)19-4-6-30-24-10-18(35-25(19)24)13-32-26(33)21-11-22(21)27(32)34/h4,6,8-10,16,21-22,29H,3,5,7,11-14H2,1-2H3. The zero-order valence-electron chi connectivity index (χ0n) is 20.0. The van der Waals surface area contributed by atoms with E-state index in [0.717, 1.165) is 70.3 Å². The van der Waals surface area contributed by atoms with E-state index in [9.17, 15) is 9.59 Å². The molecule has 1 saturated carbocycles. The number of amides is 2. The number of benzene rings is 1. The van der Waals surface area contributed by atoms with Gasteiger partial charge in [0.05, 0.1) is 28.6 Å². The van der Waals surface area contributed by atoms with Crippen molar-refractivity contribution in [1.82, 2.24) is 20.1 Å². The van der Waals surface area contributed by atoms with Crippen molar-refractivity contribution in [3.05, 3.63) is 51.5 Å². The van der Waals surface area contributed by atoms with Crippen LogP contribution < -0.4 is 5.32 Å². The summed E-state index contributed by atoms with van der Waals surface area (Å²) in [5.74, 6) is -0.168. The van der Waals surface area contributed by atoms with Crippen LogP contribution in [0.5, 0.6) is 0 Å². The number of piperidine rings is 1. The maximum atomic E-state index is 12.5. The molecule has 3 unspecified atom stereocenters. The maximum absolute atomic E-state index is 12.5. The quantitative estimate of drug-likeness (QED) is 0.510. The van der Waals surface area contributed by atoms with Crippen molar-refractivity contribution in [3.63, 3.8) is 0 Å². The van der Waals surface area contributed by atoms with Crippen molar-refractivity contribution in [2.45, 2.75) is 45.8 Å². The molecule has 2 aromatic heterocycles. The topological polar surface area (TPSA) is 65.5 Å². The lowest BCUT2D eigenvalue weighted by Gasteiger charge is -2.25. The summed E-state index contributed by atoms with van der Waals surface area (Å²) in [5.41, 5.74) is 5.61. The van der Waals surface area contributed by atoms with Crippen LogP contribution in [0, 0.1) is 18.8 Å². The number of aryl methyl sites for hydroxylation is 1. The SMILES string of the molecule is Cc1cc(Cl)cc(-c2ccnc3cc(CN4C(=O)C5CC5C4=O)sc23)c1CN1CCCNC(C)C1. The van der Waals surface area contributed by atoms with Gasteiger partial charge < -0.3 is 5.32 Å². The number of thiophene rings is 1. The van der Waals surface area contributed by atoms with Crippen LogP contribution in [-0.2, 0) is 22.7 Å². The molecule has 8 heteroatoms. The largest absolute Gasteiger partial charge is 0.313 e. The minimum absolute atomic E-state index is 0.0143. The summed E-state index contributed by atoms with van der Waals surface area (Å²) in [7, 11) is 0. The third kappa shape index (κ3) is 4.29. The first kappa shape index (κ1) is 23.1. The van der Waals surface area contributed by atoms with Crippen molar-refractivity contribution in [2.75, 3.05) is 19.6 Å². The van der Waals surface area contributed by atoms with Crippen molar-refractivity contribution >= 4 is 45.0 Å². The molecule has 2 saturated heterocycles. The van der Waals surface area contributed by atoms with E-state index in [1.807, 2.05) is 18.3 Å². The fourth-order valence-electron chi connectivity index (χ4n) is 5.62. The molecule has 4 heterocycles. The summed E-state index contributed by atoms with van der Waals surface area (Å²) in [6.07, 6.45) is 3.71. The lowest BCUT2D eigenvalue weighted by Crippen LogP contribution is -2.35. The van der Waals surface area contributed by atoms with E-state index in [1.54, 1.807) is 11.3 Å². The van der Waals surface area contributed by atoms with Gasteiger partial charge in [-0.3, -0.25) is 24.4 Å². The van der Waals surface area contributed by atoms with Gasteiger partial charge in [0.1, 0.15) is 0 Å². The summed E-state index contributed by atoms with van der Waals surface area (Å²) >= 11 is 8.19. The first-order chi connectivity index (χ1) is 16.9. The Morgan fingerprint density at radius 2 is 1.94 bits per heavy atom. The fourth-order valence-corrected chi connectivity index (χ4v) is 7.03. The van der Waals surface area contributed by atoms with Crippen LogP contribution in [0.3, 0.4) is 0 Å². The molecule has 2 amide bonds. The number of rotatable bonds is 5. The van der Waals surface area contributed by atoms with E-state index in [1.165, 1.54) is 16.0 Å². The van der Waals surface area contributed by atoms with E-state index in [2.05, 4.69) is 41.2 Å². The predicted molar refractivity (Wildman–Crippen MR) is 139 cm³/mol. The number of fused-ring (bicyclic) bond motifs is 2. The number of carbonyl (C=O) groups excluding carboxylic acids is 2. The summed E-state index contributed by atoms with van der Waals surface area (Å²) in [6.45, 7) is 8.71. The highest BCUT2D eigenvalue weighted by Gasteiger charge is 2.58. The average molecular weight is 509 g/mol. The van der Waals surface area contributed by atoms with E-state index in [0.29, 0.717) is 12.6 Å². The minimum Gasteiger partial charge on any atom is -0.313 e. The van der Waals surface area contributed by atoms with Gasteiger partial charge in [0, 0.05) is 40.8 Å². The second-order valence-electron chi connectivity index (χ2n) is 10.2. The third-order valence-corrected chi connectivity index (χ3v) is 8.88. The Bertz CT molecular complexity index is 1320. The molecule has 0 bridgehead atoms. The van der Waals surface area contributed by atoms with E-state index in [4.69, 9.17) is 11.6 Å². The Kier molecular flexibility index (Phi) is 5.92. The Labute approximate surface area is 214 Å². The number of halogens is 1. The van der Waals surface area contributed by atoms with Crippen molar-refractivity contribution in [3.8, 4) is 11.1 Å². The lowest BCUT2D eigenvalue weighted by molar-refractivity contribution is -0.141. The monoisotopic (exact) mass is 508 g/mol. The second-order valence-corrected chi connectivity index (χ2v) is 11.8. The summed E-state index contributed by atoms with van der Waals surface area (Å²) in [6, 6.07) is 8.66. The molecule has 0 radical (unpaired) electrons. The molecule has 3 fully saturated rings. The Hall–Kier alpha value is -2.32. The van der Waals surface area contributed by atoms with Gasteiger partial charge in [-0.25, -0.2) is 0 Å². The predicted octanol–water partition coefficient (Wildman–Crippen LogP) is 4.61. The highest BCUT2D eigenvalue weighted by molar-refractivity contribution is 7.19. The second kappa shape index (κ2) is 8.96. The minimum atomic E-state index is -0.0699. The number of likely N-dealkylation sites (tertiary alicyclic amines) is 1. The van der Waals surface area contributed by atoms with Crippen LogP contribution in [0.15, 0.2) is 30.5 Å². The third-order valence-electron chi connectivity index (χ3n) is 7.52. The van der Waals surface area contributed by atoms with E-state index < -0.39 is 0 Å². The molecule has 182 valence electrons. The van der Waals surface area contributed by atoms with Crippen molar-refractivity contribution < 1.29 is 9.59 Å². The van der Waals surface area contributed by atoms with Crippen LogP contribution in [-0.4, -0.2) is 52.3 Å². The zero-order chi connectivity index (χ0) is 24.3. The highest BCUT2D eigenvalue weighted by atomic mass is 35.5. The molecule has 3 atom stereocenters. The van der Waals surface area contributed by atoms with Gasteiger partial charge in [-0.2, -0.15) is 0 Å².